The zero-order chi connectivity index (χ0) is 17.8. The summed E-state index contributed by atoms with van der Waals surface area (Å²) in [6.45, 7) is 1.54. The topological polar surface area (TPSA) is 67.9 Å². The van der Waals surface area contributed by atoms with Crippen molar-refractivity contribution in [1.29, 1.82) is 0 Å². The van der Waals surface area contributed by atoms with Crippen molar-refractivity contribution in [3.63, 3.8) is 0 Å². The van der Waals surface area contributed by atoms with Crippen LogP contribution in [0.2, 0.25) is 0 Å². The van der Waals surface area contributed by atoms with Gasteiger partial charge in [0.05, 0.1) is 12.8 Å². The van der Waals surface area contributed by atoms with Crippen LogP contribution in [0.15, 0.2) is 47.1 Å². The molecule has 1 aromatic carbocycles. The van der Waals surface area contributed by atoms with Gasteiger partial charge >= 0.3 is 0 Å². The fourth-order valence-corrected chi connectivity index (χ4v) is 3.38. The minimum atomic E-state index is 0.552. The Hall–Kier alpha value is -2.67. The molecule has 0 bridgehead atoms. The fourth-order valence-electron chi connectivity index (χ4n) is 3.19. The van der Waals surface area contributed by atoms with E-state index in [2.05, 4.69) is 37.5 Å². The lowest BCUT2D eigenvalue weighted by molar-refractivity contribution is 0.503. The lowest BCUT2D eigenvalue weighted by atomic mass is 10.2. The Morgan fingerprint density at radius 3 is 3.00 bits per heavy atom. The van der Waals surface area contributed by atoms with Gasteiger partial charge in [0.15, 0.2) is 10.9 Å². The highest BCUT2D eigenvalue weighted by atomic mass is 32.1. The van der Waals surface area contributed by atoms with Crippen LogP contribution >= 0.6 is 12.2 Å². The standard InChI is InChI=1S/C19H21N5OS/c26-19(20-13-16-8-5-11-25-16)21-15-7-4-6-14(12-15)18-23-22-17-9-2-1-3-10-24(17)18/h4-8,11-12H,1-3,9-10,13H2,(H2,20,21,26). The number of fused-ring (bicyclic) bond motifs is 1. The molecular weight excluding hydrogens is 346 g/mol. The van der Waals surface area contributed by atoms with Crippen LogP contribution in [-0.4, -0.2) is 19.9 Å². The molecule has 1 aliphatic heterocycles. The summed E-state index contributed by atoms with van der Waals surface area (Å²) in [5, 5.41) is 15.7. The average molecular weight is 367 g/mol. The number of nitrogens with one attached hydrogen (secondary N) is 2. The molecule has 0 atom stereocenters. The molecule has 7 heteroatoms. The van der Waals surface area contributed by atoms with E-state index >= 15 is 0 Å². The summed E-state index contributed by atoms with van der Waals surface area (Å²) < 4.78 is 7.55. The molecule has 0 aliphatic carbocycles. The molecule has 0 radical (unpaired) electrons. The predicted molar refractivity (Wildman–Crippen MR) is 105 cm³/mol. The van der Waals surface area contributed by atoms with Crippen molar-refractivity contribution in [1.82, 2.24) is 20.1 Å². The molecule has 3 heterocycles. The Morgan fingerprint density at radius 1 is 1.15 bits per heavy atom. The maximum Gasteiger partial charge on any atom is 0.171 e. The number of aryl methyl sites for hydroxylation is 1. The number of furan rings is 1. The maximum absolute atomic E-state index is 5.37. The number of aromatic nitrogens is 3. The van der Waals surface area contributed by atoms with Crippen molar-refractivity contribution in [3.8, 4) is 11.4 Å². The highest BCUT2D eigenvalue weighted by Crippen LogP contribution is 2.24. The molecule has 0 amide bonds. The molecule has 2 aromatic heterocycles. The molecule has 3 aromatic rings. The number of benzene rings is 1. The van der Waals surface area contributed by atoms with Gasteiger partial charge in [-0.2, -0.15) is 0 Å². The minimum Gasteiger partial charge on any atom is -0.467 e. The third kappa shape index (κ3) is 3.77. The summed E-state index contributed by atoms with van der Waals surface area (Å²) in [6, 6.07) is 11.9. The second-order valence-corrected chi connectivity index (χ2v) is 6.78. The van der Waals surface area contributed by atoms with Gasteiger partial charge in [0, 0.05) is 24.2 Å². The number of hydrogen-bond donors (Lipinski definition) is 2. The van der Waals surface area contributed by atoms with E-state index in [1.165, 1.54) is 19.3 Å². The van der Waals surface area contributed by atoms with Crippen LogP contribution < -0.4 is 10.6 Å². The molecule has 26 heavy (non-hydrogen) atoms. The molecule has 134 valence electrons. The van der Waals surface area contributed by atoms with E-state index in [1.54, 1.807) is 6.26 Å². The molecule has 0 fully saturated rings. The van der Waals surface area contributed by atoms with Crippen molar-refractivity contribution in [3.05, 3.63) is 54.2 Å². The van der Waals surface area contributed by atoms with Crippen LogP contribution in [0, 0.1) is 0 Å². The first kappa shape index (κ1) is 16.8. The number of hydrogen-bond acceptors (Lipinski definition) is 4. The van der Waals surface area contributed by atoms with Gasteiger partial charge in [-0.25, -0.2) is 0 Å². The van der Waals surface area contributed by atoms with E-state index in [-0.39, 0.29) is 0 Å². The van der Waals surface area contributed by atoms with Crippen molar-refractivity contribution >= 4 is 23.0 Å². The van der Waals surface area contributed by atoms with Crippen molar-refractivity contribution < 1.29 is 4.42 Å². The third-order valence-corrected chi connectivity index (χ3v) is 4.74. The molecule has 0 spiro atoms. The summed E-state index contributed by atoms with van der Waals surface area (Å²) in [7, 11) is 0. The van der Waals surface area contributed by atoms with Gasteiger partial charge in [0.25, 0.3) is 0 Å². The van der Waals surface area contributed by atoms with Gasteiger partial charge in [0.2, 0.25) is 0 Å². The number of rotatable bonds is 4. The highest BCUT2D eigenvalue weighted by Gasteiger charge is 2.16. The molecule has 0 saturated heterocycles. The van der Waals surface area contributed by atoms with Crippen LogP contribution in [0.25, 0.3) is 11.4 Å². The zero-order valence-corrected chi connectivity index (χ0v) is 15.3. The summed E-state index contributed by atoms with van der Waals surface area (Å²) in [6.07, 6.45) is 6.27. The van der Waals surface area contributed by atoms with Crippen LogP contribution in [0.3, 0.4) is 0 Å². The Labute approximate surface area is 157 Å². The smallest absolute Gasteiger partial charge is 0.171 e. The maximum atomic E-state index is 5.37. The van der Waals surface area contributed by atoms with Crippen molar-refractivity contribution in [2.45, 2.75) is 38.8 Å². The highest BCUT2D eigenvalue weighted by molar-refractivity contribution is 7.80. The molecule has 6 nitrogen and oxygen atoms in total. The van der Waals surface area contributed by atoms with Crippen LogP contribution in [0.4, 0.5) is 5.69 Å². The summed E-state index contributed by atoms with van der Waals surface area (Å²) in [4.78, 5) is 0. The molecule has 0 saturated carbocycles. The normalized spacial score (nSPS) is 13.7. The lowest BCUT2D eigenvalue weighted by Crippen LogP contribution is -2.27. The van der Waals surface area contributed by atoms with Crippen LogP contribution in [-0.2, 0) is 19.5 Å². The summed E-state index contributed by atoms with van der Waals surface area (Å²) in [5.74, 6) is 2.86. The first-order chi connectivity index (χ1) is 12.8. The SMILES string of the molecule is S=C(NCc1ccco1)Nc1cccc(-c2nnc3n2CCCCC3)c1. The van der Waals surface area contributed by atoms with Gasteiger partial charge in [-0.15, -0.1) is 10.2 Å². The number of nitrogens with zero attached hydrogens (tertiary/aromatic N) is 3. The average Bonchev–Trinajstić information content (AvgIpc) is 3.25. The van der Waals surface area contributed by atoms with E-state index < -0.39 is 0 Å². The molecule has 2 N–H and O–H groups in total. The summed E-state index contributed by atoms with van der Waals surface area (Å²) >= 11 is 5.37. The van der Waals surface area contributed by atoms with Crippen molar-refractivity contribution in [2.24, 2.45) is 0 Å². The largest absolute Gasteiger partial charge is 0.467 e. The molecule has 1 aliphatic rings. The van der Waals surface area contributed by atoms with Gasteiger partial charge in [-0.1, -0.05) is 18.6 Å². The molecular formula is C19H21N5OS. The Bertz CT molecular complexity index is 887. The second-order valence-electron chi connectivity index (χ2n) is 6.37. The Morgan fingerprint density at radius 2 is 2.12 bits per heavy atom. The van der Waals surface area contributed by atoms with Gasteiger partial charge in [0.1, 0.15) is 11.6 Å². The first-order valence-electron chi connectivity index (χ1n) is 8.89. The van der Waals surface area contributed by atoms with E-state index in [9.17, 15) is 0 Å². The predicted octanol–water partition coefficient (Wildman–Crippen LogP) is 3.75. The quantitative estimate of drug-likeness (QED) is 0.685. The zero-order valence-electron chi connectivity index (χ0n) is 14.4. The molecule has 0 unspecified atom stereocenters. The monoisotopic (exact) mass is 367 g/mol. The number of thiocarbonyl (C=S) groups is 1. The van der Waals surface area contributed by atoms with E-state index in [4.69, 9.17) is 16.6 Å². The second kappa shape index (κ2) is 7.70. The van der Waals surface area contributed by atoms with E-state index in [0.29, 0.717) is 11.7 Å². The van der Waals surface area contributed by atoms with E-state index in [1.807, 2.05) is 24.3 Å². The summed E-state index contributed by atoms with van der Waals surface area (Å²) in [5.41, 5.74) is 1.97. The van der Waals surface area contributed by atoms with Crippen molar-refractivity contribution in [2.75, 3.05) is 5.32 Å². The third-order valence-electron chi connectivity index (χ3n) is 4.49. The minimum absolute atomic E-state index is 0.552. The molecule has 4 rings (SSSR count). The fraction of sp³-hybridized carbons (Fsp3) is 0.316. The van der Waals surface area contributed by atoms with Gasteiger partial charge < -0.3 is 19.6 Å². The Kier molecular flexibility index (Phi) is 4.97. The lowest BCUT2D eigenvalue weighted by Gasteiger charge is -2.11. The number of anilines is 1. The van der Waals surface area contributed by atoms with Gasteiger partial charge in [-0.05, 0) is 49.3 Å². The first-order valence-corrected chi connectivity index (χ1v) is 9.30. The Balaban J connectivity index is 1.47. The van der Waals surface area contributed by atoms with Gasteiger partial charge in [-0.3, -0.25) is 0 Å². The van der Waals surface area contributed by atoms with E-state index in [0.717, 1.165) is 41.6 Å². The van der Waals surface area contributed by atoms with Crippen LogP contribution in [0.1, 0.15) is 30.8 Å². The van der Waals surface area contributed by atoms with Crippen LogP contribution in [0.5, 0.6) is 0 Å².